The standard InChI is InChI=1S/C12H17BrFNO2S/c1-4-12(3,5-2)15-18(16,17)11-7-6-9(13)8-10(11)14/h6-8,15H,4-5H2,1-3H3. The first-order valence-electron chi connectivity index (χ1n) is 5.73. The van der Waals surface area contributed by atoms with Gasteiger partial charge in [0.25, 0.3) is 0 Å². The van der Waals surface area contributed by atoms with Crippen molar-refractivity contribution in [2.24, 2.45) is 0 Å². The van der Waals surface area contributed by atoms with E-state index in [9.17, 15) is 12.8 Å². The van der Waals surface area contributed by atoms with Crippen LogP contribution in [0.2, 0.25) is 0 Å². The molecule has 6 heteroatoms. The minimum absolute atomic E-state index is 0.321. The zero-order valence-electron chi connectivity index (χ0n) is 10.6. The van der Waals surface area contributed by atoms with Gasteiger partial charge in [-0.1, -0.05) is 29.8 Å². The Kier molecular flexibility index (Phi) is 4.91. The van der Waals surface area contributed by atoms with Crippen molar-refractivity contribution in [1.29, 1.82) is 0 Å². The molecular weight excluding hydrogens is 321 g/mol. The Morgan fingerprint density at radius 1 is 1.33 bits per heavy atom. The van der Waals surface area contributed by atoms with E-state index in [1.54, 1.807) is 6.92 Å². The maximum Gasteiger partial charge on any atom is 0.243 e. The summed E-state index contributed by atoms with van der Waals surface area (Å²) in [4.78, 5) is -0.321. The summed E-state index contributed by atoms with van der Waals surface area (Å²) >= 11 is 3.10. The fraction of sp³-hybridized carbons (Fsp3) is 0.500. The molecule has 0 saturated heterocycles. The number of halogens is 2. The SMILES string of the molecule is CCC(C)(CC)NS(=O)(=O)c1ccc(Br)cc1F. The third-order valence-electron chi connectivity index (χ3n) is 3.12. The first kappa shape index (κ1) is 15.6. The Morgan fingerprint density at radius 3 is 2.33 bits per heavy atom. The van der Waals surface area contributed by atoms with Gasteiger partial charge in [-0.3, -0.25) is 0 Å². The third-order valence-corrected chi connectivity index (χ3v) is 5.29. The van der Waals surface area contributed by atoms with E-state index < -0.39 is 21.4 Å². The van der Waals surface area contributed by atoms with E-state index in [-0.39, 0.29) is 4.90 Å². The monoisotopic (exact) mass is 337 g/mol. The molecule has 0 atom stereocenters. The van der Waals surface area contributed by atoms with Gasteiger partial charge in [0.15, 0.2) is 0 Å². The van der Waals surface area contributed by atoms with E-state index in [2.05, 4.69) is 20.7 Å². The van der Waals surface area contributed by atoms with Gasteiger partial charge in [-0.15, -0.1) is 0 Å². The molecule has 0 aliphatic rings. The highest BCUT2D eigenvalue weighted by Gasteiger charge is 2.29. The van der Waals surface area contributed by atoms with Crippen LogP contribution in [0.3, 0.4) is 0 Å². The van der Waals surface area contributed by atoms with Crippen LogP contribution in [0.4, 0.5) is 4.39 Å². The fourth-order valence-corrected chi connectivity index (χ4v) is 3.41. The highest BCUT2D eigenvalue weighted by molar-refractivity contribution is 9.10. The molecule has 0 saturated carbocycles. The summed E-state index contributed by atoms with van der Waals surface area (Å²) in [7, 11) is -3.84. The number of hydrogen-bond acceptors (Lipinski definition) is 2. The molecule has 0 heterocycles. The largest absolute Gasteiger partial charge is 0.243 e. The molecule has 0 aliphatic heterocycles. The molecule has 18 heavy (non-hydrogen) atoms. The van der Waals surface area contributed by atoms with Crippen molar-refractivity contribution in [1.82, 2.24) is 4.72 Å². The van der Waals surface area contributed by atoms with E-state index >= 15 is 0 Å². The van der Waals surface area contributed by atoms with Crippen LogP contribution < -0.4 is 4.72 Å². The first-order valence-corrected chi connectivity index (χ1v) is 8.01. The number of nitrogens with one attached hydrogen (secondary N) is 1. The topological polar surface area (TPSA) is 46.2 Å². The van der Waals surface area contributed by atoms with Gasteiger partial charge in [0.2, 0.25) is 10.0 Å². The quantitative estimate of drug-likeness (QED) is 0.894. The van der Waals surface area contributed by atoms with Crippen molar-refractivity contribution < 1.29 is 12.8 Å². The summed E-state index contributed by atoms with van der Waals surface area (Å²) in [5.74, 6) is -0.758. The molecule has 0 unspecified atom stereocenters. The van der Waals surface area contributed by atoms with Crippen LogP contribution in [-0.4, -0.2) is 14.0 Å². The van der Waals surface area contributed by atoms with Crippen LogP contribution in [-0.2, 0) is 10.0 Å². The van der Waals surface area contributed by atoms with E-state index in [4.69, 9.17) is 0 Å². The predicted octanol–water partition coefficient (Wildman–Crippen LogP) is 3.45. The molecule has 0 aliphatic carbocycles. The zero-order valence-corrected chi connectivity index (χ0v) is 13.0. The minimum Gasteiger partial charge on any atom is -0.207 e. The van der Waals surface area contributed by atoms with Crippen LogP contribution in [0.5, 0.6) is 0 Å². The fourth-order valence-electron chi connectivity index (χ4n) is 1.47. The number of sulfonamides is 1. The maximum atomic E-state index is 13.7. The second kappa shape index (κ2) is 5.67. The molecule has 0 radical (unpaired) electrons. The van der Waals surface area contributed by atoms with Gasteiger partial charge in [0.05, 0.1) is 0 Å². The summed E-state index contributed by atoms with van der Waals surface area (Å²) < 4.78 is 41.0. The molecule has 0 spiro atoms. The Morgan fingerprint density at radius 2 is 1.89 bits per heavy atom. The highest BCUT2D eigenvalue weighted by Crippen LogP contribution is 2.23. The highest BCUT2D eigenvalue weighted by atomic mass is 79.9. The lowest BCUT2D eigenvalue weighted by Gasteiger charge is -2.27. The smallest absolute Gasteiger partial charge is 0.207 e. The molecule has 1 N–H and O–H groups in total. The molecule has 3 nitrogen and oxygen atoms in total. The molecule has 102 valence electrons. The van der Waals surface area contributed by atoms with Gasteiger partial charge >= 0.3 is 0 Å². The molecule has 1 aromatic rings. The lowest BCUT2D eigenvalue weighted by molar-refractivity contribution is 0.387. The van der Waals surface area contributed by atoms with Crippen molar-refractivity contribution in [3.05, 3.63) is 28.5 Å². The van der Waals surface area contributed by atoms with E-state index in [1.807, 2.05) is 13.8 Å². The van der Waals surface area contributed by atoms with Crippen molar-refractivity contribution in [3.63, 3.8) is 0 Å². The molecule has 0 aromatic heterocycles. The van der Waals surface area contributed by atoms with Crippen molar-refractivity contribution in [2.75, 3.05) is 0 Å². The van der Waals surface area contributed by atoms with Crippen LogP contribution >= 0.6 is 15.9 Å². The zero-order chi connectivity index (χ0) is 14.0. The Bertz CT molecular complexity index is 527. The minimum atomic E-state index is -3.84. The summed E-state index contributed by atoms with van der Waals surface area (Å²) in [6.45, 7) is 5.59. The Labute approximate surface area is 116 Å². The number of hydrogen-bond donors (Lipinski definition) is 1. The first-order chi connectivity index (χ1) is 8.24. The molecule has 0 bridgehead atoms. The van der Waals surface area contributed by atoms with Crippen molar-refractivity contribution in [2.45, 2.75) is 44.0 Å². The van der Waals surface area contributed by atoms with Crippen LogP contribution in [0, 0.1) is 5.82 Å². The average Bonchev–Trinajstić information content (AvgIpc) is 2.27. The van der Waals surface area contributed by atoms with Gasteiger partial charge in [-0.05, 0) is 38.0 Å². The Balaban J connectivity index is 3.15. The van der Waals surface area contributed by atoms with Gasteiger partial charge in [-0.2, -0.15) is 0 Å². The van der Waals surface area contributed by atoms with E-state index in [0.717, 1.165) is 6.07 Å². The van der Waals surface area contributed by atoms with E-state index in [1.165, 1.54) is 12.1 Å². The number of rotatable bonds is 5. The molecule has 1 rings (SSSR count). The van der Waals surface area contributed by atoms with Gasteiger partial charge in [-0.25, -0.2) is 17.5 Å². The van der Waals surface area contributed by atoms with Crippen molar-refractivity contribution in [3.8, 4) is 0 Å². The summed E-state index contributed by atoms with van der Waals surface area (Å²) in [6, 6.07) is 3.91. The molecule has 0 fully saturated rings. The Hall–Kier alpha value is -0.460. The van der Waals surface area contributed by atoms with Crippen LogP contribution in [0.1, 0.15) is 33.6 Å². The lowest BCUT2D eigenvalue weighted by Crippen LogP contribution is -2.45. The third kappa shape index (κ3) is 3.52. The average molecular weight is 338 g/mol. The van der Waals surface area contributed by atoms with Gasteiger partial charge in [0, 0.05) is 10.0 Å². The van der Waals surface area contributed by atoms with Crippen LogP contribution in [0.15, 0.2) is 27.6 Å². The van der Waals surface area contributed by atoms with E-state index in [0.29, 0.717) is 17.3 Å². The summed E-state index contributed by atoms with van der Waals surface area (Å²) in [6.07, 6.45) is 1.28. The normalized spacial score (nSPS) is 12.7. The van der Waals surface area contributed by atoms with Gasteiger partial charge < -0.3 is 0 Å². The predicted molar refractivity (Wildman–Crippen MR) is 73.4 cm³/mol. The summed E-state index contributed by atoms with van der Waals surface area (Å²) in [5.41, 5.74) is -0.557. The van der Waals surface area contributed by atoms with Crippen LogP contribution in [0.25, 0.3) is 0 Å². The second-order valence-corrected chi connectivity index (χ2v) is 7.01. The van der Waals surface area contributed by atoms with Gasteiger partial charge in [0.1, 0.15) is 10.7 Å². The van der Waals surface area contributed by atoms with Crippen molar-refractivity contribution >= 4 is 26.0 Å². The maximum absolute atomic E-state index is 13.7. The number of benzene rings is 1. The molecule has 0 amide bonds. The molecule has 1 aromatic carbocycles. The summed E-state index contributed by atoms with van der Waals surface area (Å²) in [5, 5.41) is 0. The second-order valence-electron chi connectivity index (χ2n) is 4.45. The molecular formula is C12H17BrFNO2S. The lowest BCUT2D eigenvalue weighted by atomic mass is 9.98.